The van der Waals surface area contributed by atoms with Gasteiger partial charge in [-0.3, -0.25) is 0 Å². The number of hydrogen-bond donors (Lipinski definition) is 1. The van der Waals surface area contributed by atoms with E-state index in [0.717, 1.165) is 61.0 Å². The van der Waals surface area contributed by atoms with Gasteiger partial charge in [-0.2, -0.15) is 9.61 Å². The van der Waals surface area contributed by atoms with Crippen molar-refractivity contribution in [1.29, 1.82) is 0 Å². The predicted octanol–water partition coefficient (Wildman–Crippen LogP) is 3.07. The minimum Gasteiger partial charge on any atom is -0.463 e. The first-order valence-corrected chi connectivity index (χ1v) is 9.00. The van der Waals surface area contributed by atoms with Crippen LogP contribution in [0.25, 0.3) is 17.1 Å². The Morgan fingerprint density at radius 3 is 3.00 bits per heavy atom. The summed E-state index contributed by atoms with van der Waals surface area (Å²) in [7, 11) is 0. The molecule has 0 radical (unpaired) electrons. The molecule has 1 atom stereocenters. The molecule has 0 bridgehead atoms. The number of aliphatic hydroxyl groups is 1. The molecule has 1 N–H and O–H groups in total. The van der Waals surface area contributed by atoms with E-state index < -0.39 is 0 Å². The average molecular weight is 340 g/mol. The lowest BCUT2D eigenvalue weighted by Gasteiger charge is -2.35. The number of hydrogen-bond acceptors (Lipinski definition) is 5. The van der Waals surface area contributed by atoms with Gasteiger partial charge in [0.05, 0.1) is 6.26 Å². The van der Waals surface area contributed by atoms with Gasteiger partial charge in [-0.25, -0.2) is 4.98 Å². The lowest BCUT2D eigenvalue weighted by atomic mass is 9.98. The fraction of sp³-hybridized carbons (Fsp3) is 0.474. The van der Waals surface area contributed by atoms with Crippen molar-refractivity contribution < 1.29 is 9.52 Å². The van der Waals surface area contributed by atoms with E-state index in [1.54, 1.807) is 6.26 Å². The summed E-state index contributed by atoms with van der Waals surface area (Å²) in [5, 5.41) is 14.4. The van der Waals surface area contributed by atoms with Crippen molar-refractivity contribution in [3.63, 3.8) is 0 Å². The molecular formula is C19H24N4O2. The first kappa shape index (κ1) is 16.1. The number of piperidine rings is 1. The van der Waals surface area contributed by atoms with E-state index in [-0.39, 0.29) is 6.61 Å². The van der Waals surface area contributed by atoms with Crippen molar-refractivity contribution in [2.24, 2.45) is 5.92 Å². The highest BCUT2D eigenvalue weighted by molar-refractivity contribution is 5.64. The third-order valence-electron chi connectivity index (χ3n) is 5.08. The topological polar surface area (TPSA) is 66.8 Å². The molecule has 6 heteroatoms. The number of fused-ring (bicyclic) bond motifs is 1. The van der Waals surface area contributed by atoms with E-state index in [1.165, 1.54) is 5.56 Å². The van der Waals surface area contributed by atoms with E-state index >= 15 is 0 Å². The molecule has 1 aliphatic heterocycles. The van der Waals surface area contributed by atoms with Gasteiger partial charge >= 0.3 is 0 Å². The number of furan rings is 1. The van der Waals surface area contributed by atoms with Crippen LogP contribution in [0, 0.1) is 12.8 Å². The van der Waals surface area contributed by atoms with Crippen LogP contribution in [-0.2, 0) is 6.42 Å². The van der Waals surface area contributed by atoms with Crippen molar-refractivity contribution >= 4 is 11.5 Å². The third-order valence-corrected chi connectivity index (χ3v) is 5.08. The quantitative estimate of drug-likeness (QED) is 0.790. The van der Waals surface area contributed by atoms with Crippen LogP contribution in [0.1, 0.15) is 31.0 Å². The van der Waals surface area contributed by atoms with E-state index in [2.05, 4.69) is 18.7 Å². The Hall–Kier alpha value is -2.34. The minimum atomic E-state index is 0.238. The number of anilines is 1. The first-order valence-electron chi connectivity index (χ1n) is 9.00. The fourth-order valence-corrected chi connectivity index (χ4v) is 3.83. The summed E-state index contributed by atoms with van der Waals surface area (Å²) in [4.78, 5) is 7.12. The van der Waals surface area contributed by atoms with Gasteiger partial charge in [0.15, 0.2) is 11.4 Å². The zero-order valence-electron chi connectivity index (χ0n) is 14.8. The second-order valence-electron chi connectivity index (χ2n) is 6.77. The van der Waals surface area contributed by atoms with Crippen molar-refractivity contribution in [2.75, 3.05) is 24.6 Å². The molecule has 1 aliphatic rings. The third kappa shape index (κ3) is 2.80. The first-order chi connectivity index (χ1) is 12.2. The molecule has 6 nitrogen and oxygen atoms in total. The molecule has 0 spiro atoms. The van der Waals surface area contributed by atoms with Crippen LogP contribution in [0.4, 0.5) is 5.82 Å². The minimum absolute atomic E-state index is 0.238. The number of aryl methyl sites for hydroxylation is 1. The van der Waals surface area contributed by atoms with E-state index in [1.807, 2.05) is 22.7 Å². The van der Waals surface area contributed by atoms with Gasteiger partial charge in [0.2, 0.25) is 0 Å². The number of aliphatic hydroxyl groups excluding tert-OH is 1. The predicted molar refractivity (Wildman–Crippen MR) is 96.8 cm³/mol. The summed E-state index contributed by atoms with van der Waals surface area (Å²) in [6.45, 7) is 6.30. The molecule has 0 aromatic carbocycles. The van der Waals surface area contributed by atoms with Gasteiger partial charge in [-0.1, -0.05) is 6.92 Å². The van der Waals surface area contributed by atoms with Crippen LogP contribution in [-0.4, -0.2) is 39.4 Å². The molecule has 4 heterocycles. The molecule has 0 amide bonds. The number of rotatable bonds is 4. The monoisotopic (exact) mass is 340 g/mol. The van der Waals surface area contributed by atoms with Crippen LogP contribution < -0.4 is 4.90 Å². The maximum absolute atomic E-state index is 9.61. The Balaban J connectivity index is 1.87. The van der Waals surface area contributed by atoms with Gasteiger partial charge in [0, 0.05) is 37.0 Å². The lowest BCUT2D eigenvalue weighted by Crippen LogP contribution is -2.38. The fourth-order valence-electron chi connectivity index (χ4n) is 3.83. The van der Waals surface area contributed by atoms with Crippen LogP contribution in [0.15, 0.2) is 28.9 Å². The second-order valence-corrected chi connectivity index (χ2v) is 6.77. The van der Waals surface area contributed by atoms with Gasteiger partial charge in [-0.05, 0) is 44.2 Å². The Kier molecular flexibility index (Phi) is 4.21. The Morgan fingerprint density at radius 2 is 2.28 bits per heavy atom. The molecule has 4 rings (SSSR count). The Morgan fingerprint density at radius 1 is 1.40 bits per heavy atom. The average Bonchev–Trinajstić information content (AvgIpc) is 3.29. The van der Waals surface area contributed by atoms with Crippen LogP contribution in [0.5, 0.6) is 0 Å². The molecular weight excluding hydrogens is 316 g/mol. The Labute approximate surface area is 147 Å². The summed E-state index contributed by atoms with van der Waals surface area (Å²) in [5.74, 6) is 2.18. The summed E-state index contributed by atoms with van der Waals surface area (Å²) >= 11 is 0. The Bertz CT molecular complexity index is 869. The maximum atomic E-state index is 9.61. The zero-order chi connectivity index (χ0) is 17.4. The number of aromatic nitrogens is 3. The second kappa shape index (κ2) is 6.52. The molecule has 0 aliphatic carbocycles. The van der Waals surface area contributed by atoms with Gasteiger partial charge in [0.25, 0.3) is 0 Å². The van der Waals surface area contributed by atoms with Crippen LogP contribution >= 0.6 is 0 Å². The molecule has 0 saturated carbocycles. The van der Waals surface area contributed by atoms with E-state index in [9.17, 15) is 5.11 Å². The highest BCUT2D eigenvalue weighted by Gasteiger charge is 2.25. The highest BCUT2D eigenvalue weighted by atomic mass is 16.3. The van der Waals surface area contributed by atoms with E-state index in [4.69, 9.17) is 14.5 Å². The van der Waals surface area contributed by atoms with Crippen molar-refractivity contribution in [1.82, 2.24) is 14.6 Å². The summed E-state index contributed by atoms with van der Waals surface area (Å²) in [6.07, 6.45) is 4.73. The van der Waals surface area contributed by atoms with Crippen molar-refractivity contribution in [3.05, 3.63) is 35.7 Å². The van der Waals surface area contributed by atoms with Gasteiger partial charge in [-0.15, -0.1) is 0 Å². The normalized spacial score (nSPS) is 18.2. The van der Waals surface area contributed by atoms with Crippen LogP contribution in [0.2, 0.25) is 0 Å². The lowest BCUT2D eigenvalue weighted by molar-refractivity contribution is 0.208. The standard InChI is InChI=1S/C19H24N4O2/c1-3-15-13(2)20-18-10-16(17-7-5-9-25-17)21-23(18)19(15)22-8-4-6-14(11-22)12-24/h5,7,9-10,14,24H,3-4,6,8,11-12H2,1-2H3. The molecule has 3 aromatic heterocycles. The smallest absolute Gasteiger partial charge is 0.158 e. The largest absolute Gasteiger partial charge is 0.463 e. The molecule has 1 saturated heterocycles. The van der Waals surface area contributed by atoms with Crippen molar-refractivity contribution in [3.8, 4) is 11.5 Å². The molecule has 3 aromatic rings. The zero-order valence-corrected chi connectivity index (χ0v) is 14.8. The van der Waals surface area contributed by atoms with E-state index in [0.29, 0.717) is 5.92 Å². The molecule has 132 valence electrons. The molecule has 1 fully saturated rings. The number of nitrogens with zero attached hydrogens (tertiary/aromatic N) is 4. The summed E-state index contributed by atoms with van der Waals surface area (Å²) in [5.41, 5.74) is 3.89. The summed E-state index contributed by atoms with van der Waals surface area (Å²) in [6, 6.07) is 5.76. The molecule has 25 heavy (non-hydrogen) atoms. The molecule has 1 unspecified atom stereocenters. The summed E-state index contributed by atoms with van der Waals surface area (Å²) < 4.78 is 7.45. The van der Waals surface area contributed by atoms with Gasteiger partial charge in [0.1, 0.15) is 11.5 Å². The SMILES string of the molecule is CCc1c(C)nc2cc(-c3ccco3)nn2c1N1CCCC(CO)C1. The van der Waals surface area contributed by atoms with Crippen LogP contribution in [0.3, 0.4) is 0 Å². The highest BCUT2D eigenvalue weighted by Crippen LogP contribution is 2.30. The van der Waals surface area contributed by atoms with Crippen molar-refractivity contribution in [2.45, 2.75) is 33.1 Å². The van der Waals surface area contributed by atoms with Gasteiger partial charge < -0.3 is 14.4 Å². The maximum Gasteiger partial charge on any atom is 0.158 e.